The standard InChI is InChI=1S/C18H14ClNO2/c1-11-8-9-14(12(2)10-11)20-17(21)15(16(19)18(20)22)13-6-4-3-5-7-13/h3-10H,1-2H3. The summed E-state index contributed by atoms with van der Waals surface area (Å²) in [6.45, 7) is 3.84. The van der Waals surface area contributed by atoms with Crippen LogP contribution in [0.3, 0.4) is 0 Å². The average molecular weight is 312 g/mol. The maximum Gasteiger partial charge on any atom is 0.277 e. The molecule has 0 N–H and O–H groups in total. The van der Waals surface area contributed by atoms with Crippen molar-refractivity contribution in [3.63, 3.8) is 0 Å². The van der Waals surface area contributed by atoms with Crippen LogP contribution in [-0.2, 0) is 9.59 Å². The van der Waals surface area contributed by atoms with Gasteiger partial charge in [-0.15, -0.1) is 0 Å². The highest BCUT2D eigenvalue weighted by Gasteiger charge is 2.39. The van der Waals surface area contributed by atoms with E-state index < -0.39 is 5.91 Å². The molecule has 4 heteroatoms. The lowest BCUT2D eigenvalue weighted by Crippen LogP contribution is -2.31. The van der Waals surface area contributed by atoms with Gasteiger partial charge in [-0.3, -0.25) is 9.59 Å². The van der Waals surface area contributed by atoms with Gasteiger partial charge in [0, 0.05) is 0 Å². The van der Waals surface area contributed by atoms with Gasteiger partial charge in [0.2, 0.25) is 0 Å². The maximum atomic E-state index is 12.7. The Balaban J connectivity index is 2.08. The van der Waals surface area contributed by atoms with E-state index in [2.05, 4.69) is 0 Å². The van der Waals surface area contributed by atoms with Crippen LogP contribution in [0.25, 0.3) is 5.57 Å². The van der Waals surface area contributed by atoms with Crippen LogP contribution in [0.2, 0.25) is 0 Å². The molecular formula is C18H14ClNO2. The van der Waals surface area contributed by atoms with E-state index in [0.717, 1.165) is 16.0 Å². The van der Waals surface area contributed by atoms with Crippen LogP contribution in [0.4, 0.5) is 5.69 Å². The summed E-state index contributed by atoms with van der Waals surface area (Å²) in [7, 11) is 0. The van der Waals surface area contributed by atoms with Gasteiger partial charge in [-0.1, -0.05) is 59.6 Å². The van der Waals surface area contributed by atoms with E-state index in [0.29, 0.717) is 11.3 Å². The minimum absolute atomic E-state index is 0.0313. The molecule has 0 atom stereocenters. The molecule has 0 radical (unpaired) electrons. The summed E-state index contributed by atoms with van der Waals surface area (Å²) in [4.78, 5) is 26.3. The van der Waals surface area contributed by atoms with Crippen molar-refractivity contribution in [3.8, 4) is 0 Å². The molecule has 1 aliphatic heterocycles. The lowest BCUT2D eigenvalue weighted by atomic mass is 10.1. The van der Waals surface area contributed by atoms with Gasteiger partial charge in [-0.05, 0) is 31.0 Å². The Hall–Kier alpha value is -2.39. The second kappa shape index (κ2) is 5.43. The third kappa shape index (κ3) is 2.24. The second-order valence-corrected chi connectivity index (χ2v) is 5.67. The molecule has 0 aliphatic carbocycles. The van der Waals surface area contributed by atoms with Gasteiger partial charge in [0.1, 0.15) is 5.03 Å². The highest BCUT2D eigenvalue weighted by Crippen LogP contribution is 2.36. The van der Waals surface area contributed by atoms with Gasteiger partial charge in [0.05, 0.1) is 11.3 Å². The Bertz CT molecular complexity index is 809. The Morgan fingerprint density at radius 1 is 0.909 bits per heavy atom. The monoisotopic (exact) mass is 311 g/mol. The lowest BCUT2D eigenvalue weighted by Gasteiger charge is -2.17. The van der Waals surface area contributed by atoms with Gasteiger partial charge in [0.25, 0.3) is 11.8 Å². The number of aryl methyl sites for hydroxylation is 2. The van der Waals surface area contributed by atoms with Crippen molar-refractivity contribution >= 4 is 34.7 Å². The highest BCUT2D eigenvalue weighted by atomic mass is 35.5. The Kier molecular flexibility index (Phi) is 3.59. The molecule has 0 aromatic heterocycles. The number of amides is 2. The minimum atomic E-state index is -0.475. The van der Waals surface area contributed by atoms with E-state index in [1.807, 2.05) is 44.2 Å². The molecule has 0 bridgehead atoms. The summed E-state index contributed by atoms with van der Waals surface area (Å²) in [5.41, 5.74) is 3.41. The van der Waals surface area contributed by atoms with Crippen LogP contribution in [0.15, 0.2) is 53.6 Å². The van der Waals surface area contributed by atoms with Crippen molar-refractivity contribution in [1.82, 2.24) is 0 Å². The van der Waals surface area contributed by atoms with Crippen LogP contribution in [-0.4, -0.2) is 11.8 Å². The molecule has 0 fully saturated rings. The number of imide groups is 1. The maximum absolute atomic E-state index is 12.7. The largest absolute Gasteiger partial charge is 0.277 e. The summed E-state index contributed by atoms with van der Waals surface area (Å²) < 4.78 is 0. The van der Waals surface area contributed by atoms with Crippen molar-refractivity contribution in [2.45, 2.75) is 13.8 Å². The fourth-order valence-electron chi connectivity index (χ4n) is 2.63. The zero-order valence-corrected chi connectivity index (χ0v) is 13.0. The van der Waals surface area contributed by atoms with Crippen molar-refractivity contribution in [2.24, 2.45) is 0 Å². The third-order valence-electron chi connectivity index (χ3n) is 3.68. The fourth-order valence-corrected chi connectivity index (χ4v) is 2.91. The zero-order valence-electron chi connectivity index (χ0n) is 12.3. The molecule has 2 aromatic carbocycles. The molecule has 110 valence electrons. The van der Waals surface area contributed by atoms with E-state index in [1.165, 1.54) is 0 Å². The number of anilines is 1. The third-order valence-corrected chi connectivity index (χ3v) is 4.03. The number of hydrogen-bond acceptors (Lipinski definition) is 2. The Morgan fingerprint density at radius 3 is 2.23 bits per heavy atom. The van der Waals surface area contributed by atoms with Gasteiger partial charge < -0.3 is 0 Å². The average Bonchev–Trinajstić information content (AvgIpc) is 2.71. The van der Waals surface area contributed by atoms with Gasteiger partial charge >= 0.3 is 0 Å². The highest BCUT2D eigenvalue weighted by molar-refractivity contribution is 6.60. The second-order valence-electron chi connectivity index (χ2n) is 5.29. The van der Waals surface area contributed by atoms with Crippen molar-refractivity contribution in [1.29, 1.82) is 0 Å². The summed E-state index contributed by atoms with van der Waals surface area (Å²) in [6.07, 6.45) is 0. The molecule has 2 aromatic rings. The van der Waals surface area contributed by atoms with Crippen molar-refractivity contribution in [3.05, 3.63) is 70.3 Å². The number of hydrogen-bond donors (Lipinski definition) is 0. The van der Waals surface area contributed by atoms with Gasteiger partial charge in [-0.2, -0.15) is 0 Å². The van der Waals surface area contributed by atoms with Crippen LogP contribution in [0.1, 0.15) is 16.7 Å². The normalized spacial score (nSPS) is 15.0. The first-order chi connectivity index (χ1) is 10.5. The quantitative estimate of drug-likeness (QED) is 0.791. The van der Waals surface area contributed by atoms with Crippen LogP contribution < -0.4 is 4.90 Å². The molecule has 0 saturated carbocycles. The topological polar surface area (TPSA) is 37.4 Å². The Morgan fingerprint density at radius 2 is 1.59 bits per heavy atom. The molecule has 0 saturated heterocycles. The van der Waals surface area contributed by atoms with Crippen LogP contribution >= 0.6 is 11.6 Å². The molecule has 0 spiro atoms. The lowest BCUT2D eigenvalue weighted by molar-refractivity contribution is -0.119. The minimum Gasteiger partial charge on any atom is -0.268 e. The Labute approximate surface area is 133 Å². The van der Waals surface area contributed by atoms with Gasteiger partial charge in [-0.25, -0.2) is 4.90 Å². The molecular weight excluding hydrogens is 298 g/mol. The molecule has 22 heavy (non-hydrogen) atoms. The smallest absolute Gasteiger partial charge is 0.268 e. The number of carbonyl (C=O) groups excluding carboxylic acids is 2. The number of benzene rings is 2. The predicted molar refractivity (Wildman–Crippen MR) is 87.6 cm³/mol. The van der Waals surface area contributed by atoms with Crippen LogP contribution in [0, 0.1) is 13.8 Å². The molecule has 1 aliphatic rings. The number of carbonyl (C=O) groups is 2. The van der Waals surface area contributed by atoms with E-state index >= 15 is 0 Å². The zero-order chi connectivity index (χ0) is 15.9. The first-order valence-corrected chi connectivity index (χ1v) is 7.29. The molecule has 2 amide bonds. The number of nitrogens with zero attached hydrogens (tertiary/aromatic N) is 1. The molecule has 1 heterocycles. The molecule has 0 unspecified atom stereocenters. The summed E-state index contributed by atoms with van der Waals surface area (Å²) in [6, 6.07) is 14.6. The summed E-state index contributed by atoms with van der Waals surface area (Å²) in [5, 5.41) is -0.0313. The first-order valence-electron chi connectivity index (χ1n) is 6.92. The van der Waals surface area contributed by atoms with Gasteiger partial charge in [0.15, 0.2) is 0 Å². The van der Waals surface area contributed by atoms with E-state index in [9.17, 15) is 9.59 Å². The molecule has 3 rings (SSSR count). The number of rotatable bonds is 2. The van der Waals surface area contributed by atoms with E-state index in [4.69, 9.17) is 11.6 Å². The first kappa shape index (κ1) is 14.5. The fraction of sp³-hybridized carbons (Fsp3) is 0.111. The van der Waals surface area contributed by atoms with Crippen molar-refractivity contribution in [2.75, 3.05) is 4.90 Å². The number of halogens is 1. The van der Waals surface area contributed by atoms with E-state index in [-0.39, 0.29) is 16.5 Å². The summed E-state index contributed by atoms with van der Waals surface area (Å²) in [5.74, 6) is -0.856. The van der Waals surface area contributed by atoms with E-state index in [1.54, 1.807) is 18.2 Å². The summed E-state index contributed by atoms with van der Waals surface area (Å²) >= 11 is 6.15. The SMILES string of the molecule is Cc1ccc(N2C(=O)C(Cl)=C(c3ccccc3)C2=O)c(C)c1. The predicted octanol–water partition coefficient (Wildman–Crippen LogP) is 3.83. The van der Waals surface area contributed by atoms with Crippen LogP contribution in [0.5, 0.6) is 0 Å². The van der Waals surface area contributed by atoms with Crippen molar-refractivity contribution < 1.29 is 9.59 Å². The molecule has 3 nitrogen and oxygen atoms in total.